The van der Waals surface area contributed by atoms with Gasteiger partial charge >= 0.3 is 0 Å². The number of carbonyl (C=O) groups is 2. The Labute approximate surface area is 138 Å². The van der Waals surface area contributed by atoms with Gasteiger partial charge in [0.2, 0.25) is 11.8 Å². The summed E-state index contributed by atoms with van der Waals surface area (Å²) in [6.07, 6.45) is 0.0240. The summed E-state index contributed by atoms with van der Waals surface area (Å²) in [7, 11) is 1.57. The van der Waals surface area contributed by atoms with Crippen LogP contribution in [0.4, 0.5) is 8.78 Å². The molecular weight excluding hydrogens is 320 g/mol. The number of benzene rings is 1. The number of likely N-dealkylation sites (tertiary alicyclic amines) is 1. The number of nitrogens with two attached hydrogens (primary N) is 1. The summed E-state index contributed by atoms with van der Waals surface area (Å²) >= 11 is 0. The van der Waals surface area contributed by atoms with E-state index in [0.717, 1.165) is 5.56 Å². The lowest BCUT2D eigenvalue weighted by molar-refractivity contribution is -0.129. The number of hydrogen-bond acceptors (Lipinski definition) is 4. The van der Waals surface area contributed by atoms with Gasteiger partial charge in [0.25, 0.3) is 5.92 Å². The molecule has 1 aliphatic rings. The van der Waals surface area contributed by atoms with Crippen molar-refractivity contribution in [2.45, 2.75) is 18.9 Å². The van der Waals surface area contributed by atoms with Crippen molar-refractivity contribution in [1.82, 2.24) is 10.2 Å². The maximum Gasteiger partial charge on any atom is 0.277 e. The smallest absolute Gasteiger partial charge is 0.277 e. The molecule has 0 spiro atoms. The number of ether oxygens (including phenoxy) is 1. The van der Waals surface area contributed by atoms with Crippen LogP contribution in [-0.4, -0.2) is 49.4 Å². The summed E-state index contributed by atoms with van der Waals surface area (Å²) in [6, 6.07) is 7.24. The summed E-state index contributed by atoms with van der Waals surface area (Å²) in [5, 5.41) is 2.17. The van der Waals surface area contributed by atoms with Crippen molar-refractivity contribution in [1.29, 1.82) is 0 Å². The molecule has 1 aliphatic heterocycles. The van der Waals surface area contributed by atoms with Crippen LogP contribution in [0.1, 0.15) is 12.0 Å². The molecular formula is C16H21F2N3O3. The maximum atomic E-state index is 13.1. The van der Waals surface area contributed by atoms with Gasteiger partial charge in [-0.15, -0.1) is 0 Å². The lowest BCUT2D eigenvalue weighted by atomic mass is 10.1. The zero-order valence-electron chi connectivity index (χ0n) is 13.4. The molecule has 24 heavy (non-hydrogen) atoms. The molecule has 2 amide bonds. The van der Waals surface area contributed by atoms with E-state index in [1.165, 1.54) is 0 Å². The predicted octanol–water partition coefficient (Wildman–Crippen LogP) is 0.754. The van der Waals surface area contributed by atoms with Crippen molar-refractivity contribution in [2.75, 3.05) is 26.7 Å². The van der Waals surface area contributed by atoms with E-state index in [2.05, 4.69) is 5.32 Å². The number of rotatable bonds is 7. The number of methoxy groups -OCH3 is 1. The third-order valence-electron chi connectivity index (χ3n) is 3.94. The van der Waals surface area contributed by atoms with Crippen molar-refractivity contribution in [3.05, 3.63) is 29.8 Å². The van der Waals surface area contributed by atoms with E-state index < -0.39 is 30.8 Å². The van der Waals surface area contributed by atoms with E-state index in [1.807, 2.05) is 12.1 Å². The molecule has 0 saturated carbocycles. The Kier molecular flexibility index (Phi) is 5.71. The molecule has 1 fully saturated rings. The number of alkyl halides is 2. The number of amides is 2. The van der Waals surface area contributed by atoms with Crippen molar-refractivity contribution in [3.63, 3.8) is 0 Å². The van der Waals surface area contributed by atoms with Gasteiger partial charge in [0, 0.05) is 19.5 Å². The van der Waals surface area contributed by atoms with Gasteiger partial charge in [-0.05, 0) is 17.7 Å². The van der Waals surface area contributed by atoms with E-state index >= 15 is 0 Å². The highest BCUT2D eigenvalue weighted by molar-refractivity contribution is 5.89. The van der Waals surface area contributed by atoms with E-state index in [9.17, 15) is 18.4 Å². The van der Waals surface area contributed by atoms with Gasteiger partial charge in [-0.3, -0.25) is 9.59 Å². The molecule has 3 N–H and O–H groups in total. The fourth-order valence-corrected chi connectivity index (χ4v) is 2.48. The van der Waals surface area contributed by atoms with Crippen molar-refractivity contribution < 1.29 is 23.1 Å². The Morgan fingerprint density at radius 1 is 1.42 bits per heavy atom. The molecule has 1 aromatic carbocycles. The average Bonchev–Trinajstić information content (AvgIpc) is 2.94. The fraction of sp³-hybridized carbons (Fsp3) is 0.500. The van der Waals surface area contributed by atoms with Crippen LogP contribution in [0, 0.1) is 5.92 Å². The number of halogens is 2. The first kappa shape index (κ1) is 18.1. The van der Waals surface area contributed by atoms with Gasteiger partial charge in [0.15, 0.2) is 0 Å². The zero-order chi connectivity index (χ0) is 17.7. The van der Waals surface area contributed by atoms with E-state index in [-0.39, 0.29) is 18.9 Å². The second-order valence-corrected chi connectivity index (χ2v) is 5.80. The van der Waals surface area contributed by atoms with Crippen molar-refractivity contribution in [2.24, 2.45) is 11.7 Å². The maximum absolute atomic E-state index is 13.1. The van der Waals surface area contributed by atoms with Gasteiger partial charge in [0.05, 0.1) is 26.1 Å². The third-order valence-corrected chi connectivity index (χ3v) is 3.94. The fourth-order valence-electron chi connectivity index (χ4n) is 2.48. The Morgan fingerprint density at radius 3 is 2.67 bits per heavy atom. The first-order valence-electron chi connectivity index (χ1n) is 7.61. The number of carbonyl (C=O) groups excluding carboxylic acids is 2. The molecule has 132 valence electrons. The Morgan fingerprint density at radius 2 is 2.08 bits per heavy atom. The molecule has 1 atom stereocenters. The highest BCUT2D eigenvalue weighted by Crippen LogP contribution is 2.22. The van der Waals surface area contributed by atoms with Crippen LogP contribution in [0.3, 0.4) is 0 Å². The second-order valence-electron chi connectivity index (χ2n) is 5.80. The molecule has 0 radical (unpaired) electrons. The minimum atomic E-state index is -3.14. The zero-order valence-corrected chi connectivity index (χ0v) is 13.4. The van der Waals surface area contributed by atoms with Crippen LogP contribution < -0.4 is 15.8 Å². The summed E-state index contributed by atoms with van der Waals surface area (Å²) in [5.74, 6) is -3.76. The Bertz CT molecular complexity index is 593. The minimum Gasteiger partial charge on any atom is -0.497 e. The van der Waals surface area contributed by atoms with E-state index in [0.29, 0.717) is 12.3 Å². The highest BCUT2D eigenvalue weighted by atomic mass is 19.3. The topological polar surface area (TPSA) is 84.7 Å². The molecule has 2 rings (SSSR count). The quantitative estimate of drug-likeness (QED) is 0.767. The second kappa shape index (κ2) is 7.57. The van der Waals surface area contributed by atoms with E-state index in [1.54, 1.807) is 24.1 Å². The number of nitrogens with one attached hydrogen (secondary N) is 1. The summed E-state index contributed by atoms with van der Waals surface area (Å²) in [5.41, 5.74) is 5.83. The lowest BCUT2D eigenvalue weighted by Gasteiger charge is -2.18. The molecule has 0 aliphatic carbocycles. The van der Waals surface area contributed by atoms with Crippen LogP contribution in [0.2, 0.25) is 0 Å². The Hall–Kier alpha value is -2.22. The van der Waals surface area contributed by atoms with Gasteiger partial charge in [0.1, 0.15) is 5.75 Å². The molecule has 0 aromatic heterocycles. The Balaban J connectivity index is 1.89. The summed E-state index contributed by atoms with van der Waals surface area (Å²) in [6.45, 7) is -1.07. The summed E-state index contributed by atoms with van der Waals surface area (Å²) in [4.78, 5) is 25.5. The minimum absolute atomic E-state index is 0.0240. The first-order chi connectivity index (χ1) is 11.3. The normalized spacial score (nSPS) is 17.9. The van der Waals surface area contributed by atoms with Gasteiger partial charge < -0.3 is 20.7 Å². The predicted molar refractivity (Wildman–Crippen MR) is 83.5 cm³/mol. The largest absolute Gasteiger partial charge is 0.497 e. The summed E-state index contributed by atoms with van der Waals surface area (Å²) < 4.78 is 31.2. The molecule has 1 unspecified atom stereocenters. The highest BCUT2D eigenvalue weighted by Gasteiger charge is 2.36. The van der Waals surface area contributed by atoms with Gasteiger partial charge in [-0.2, -0.15) is 0 Å². The molecule has 0 bridgehead atoms. The van der Waals surface area contributed by atoms with Crippen molar-refractivity contribution >= 4 is 11.8 Å². The number of hydrogen-bond donors (Lipinski definition) is 2. The lowest BCUT2D eigenvalue weighted by Crippen LogP contribution is -2.43. The van der Waals surface area contributed by atoms with Crippen molar-refractivity contribution in [3.8, 4) is 5.75 Å². The molecule has 1 aromatic rings. The standard InChI is InChI=1S/C16H21F2N3O3/c1-24-13-4-2-11(3-5-13)7-21-8-12(6-14(21)22)15(23)20-10-16(17,18)9-19/h2-5,12H,6-10,19H2,1H3,(H,20,23). The van der Waals surface area contributed by atoms with E-state index in [4.69, 9.17) is 10.5 Å². The molecule has 6 nitrogen and oxygen atoms in total. The average molecular weight is 341 g/mol. The molecule has 8 heteroatoms. The first-order valence-corrected chi connectivity index (χ1v) is 7.61. The van der Waals surface area contributed by atoms with Crippen LogP contribution in [0.5, 0.6) is 5.75 Å². The van der Waals surface area contributed by atoms with Crippen LogP contribution >= 0.6 is 0 Å². The van der Waals surface area contributed by atoms with Crippen LogP contribution in [0.25, 0.3) is 0 Å². The van der Waals surface area contributed by atoms with Gasteiger partial charge in [-0.1, -0.05) is 12.1 Å². The molecule has 1 heterocycles. The van der Waals surface area contributed by atoms with Crippen LogP contribution in [-0.2, 0) is 16.1 Å². The number of nitrogens with zero attached hydrogens (tertiary/aromatic N) is 1. The van der Waals surface area contributed by atoms with Gasteiger partial charge in [-0.25, -0.2) is 8.78 Å². The SMILES string of the molecule is COc1ccc(CN2CC(C(=O)NCC(F)(F)CN)CC2=O)cc1. The van der Waals surface area contributed by atoms with Crippen LogP contribution in [0.15, 0.2) is 24.3 Å². The monoisotopic (exact) mass is 341 g/mol. The third kappa shape index (κ3) is 4.64. The molecule has 1 saturated heterocycles.